The minimum Gasteiger partial charge on any atom is -0.353 e. The monoisotopic (exact) mass is 271 g/mol. The number of hydrogen-bond acceptors (Lipinski definition) is 2. The molecule has 1 saturated carbocycles. The predicted octanol–water partition coefficient (Wildman–Crippen LogP) is 2.73. The Kier molecular flexibility index (Phi) is 3.86. The number of hydrogen-bond donors (Lipinski definition) is 1. The number of fused-ring (bicyclic) bond motifs is 1. The average Bonchev–Trinajstić information content (AvgIpc) is 2.49. The van der Waals surface area contributed by atoms with E-state index in [2.05, 4.69) is 17.4 Å². The molecule has 3 heteroatoms. The van der Waals surface area contributed by atoms with E-state index in [1.165, 1.54) is 11.1 Å². The lowest BCUT2D eigenvalue weighted by molar-refractivity contribution is -0.126. The Hall–Kier alpha value is -1.64. The number of ketones is 1. The van der Waals surface area contributed by atoms with Crippen molar-refractivity contribution < 1.29 is 9.59 Å². The number of Topliss-reactive ketones (excluding diaryl/α,β-unsaturated/α-hetero) is 1. The third kappa shape index (κ3) is 2.77. The molecule has 1 aromatic rings. The van der Waals surface area contributed by atoms with E-state index in [0.717, 1.165) is 32.1 Å². The summed E-state index contributed by atoms with van der Waals surface area (Å²) in [5.41, 5.74) is 2.51. The summed E-state index contributed by atoms with van der Waals surface area (Å²) in [5.74, 6) is 0.479. The largest absolute Gasteiger partial charge is 0.353 e. The summed E-state index contributed by atoms with van der Waals surface area (Å²) in [6.07, 6.45) is 5.95. The third-order valence-electron chi connectivity index (χ3n) is 4.58. The van der Waals surface area contributed by atoms with Gasteiger partial charge in [0, 0.05) is 18.9 Å². The van der Waals surface area contributed by atoms with Gasteiger partial charge >= 0.3 is 0 Å². The molecule has 1 fully saturated rings. The van der Waals surface area contributed by atoms with Gasteiger partial charge in [0.25, 0.3) is 0 Å². The maximum atomic E-state index is 12.5. The number of rotatable bonds is 2. The minimum atomic E-state index is -0.00224. The Morgan fingerprint density at radius 3 is 2.60 bits per heavy atom. The summed E-state index contributed by atoms with van der Waals surface area (Å²) in [6, 6.07) is 8.47. The molecule has 0 spiro atoms. The highest BCUT2D eigenvalue weighted by atomic mass is 16.2. The standard InChI is InChI=1S/C17H21NO2/c19-14-10-8-13(9-11-14)18-17(20)16-7-3-5-12-4-1-2-6-15(12)16/h1-2,4,6,13,16H,3,5,7-11H2,(H,18,20). The molecule has 0 radical (unpaired) electrons. The van der Waals surface area contributed by atoms with Crippen LogP contribution in [0.25, 0.3) is 0 Å². The molecule has 3 nitrogen and oxygen atoms in total. The second-order valence-electron chi connectivity index (χ2n) is 5.97. The second kappa shape index (κ2) is 5.78. The van der Waals surface area contributed by atoms with Crippen molar-refractivity contribution in [1.29, 1.82) is 0 Å². The topological polar surface area (TPSA) is 46.2 Å². The van der Waals surface area contributed by atoms with Gasteiger partial charge in [-0.05, 0) is 43.2 Å². The maximum Gasteiger partial charge on any atom is 0.227 e. The molecule has 2 aliphatic rings. The van der Waals surface area contributed by atoms with Gasteiger partial charge in [0.2, 0.25) is 5.91 Å². The molecule has 0 aliphatic heterocycles. The van der Waals surface area contributed by atoms with Gasteiger partial charge < -0.3 is 5.32 Å². The molecule has 3 rings (SSSR count). The van der Waals surface area contributed by atoms with Crippen molar-refractivity contribution in [3.63, 3.8) is 0 Å². The Morgan fingerprint density at radius 1 is 1.05 bits per heavy atom. The van der Waals surface area contributed by atoms with E-state index in [4.69, 9.17) is 0 Å². The highest BCUT2D eigenvalue weighted by Gasteiger charge is 2.28. The van der Waals surface area contributed by atoms with Crippen LogP contribution in [0.15, 0.2) is 24.3 Å². The molecule has 1 atom stereocenters. The van der Waals surface area contributed by atoms with Crippen molar-refractivity contribution in [2.24, 2.45) is 0 Å². The van der Waals surface area contributed by atoms with E-state index in [1.54, 1.807) is 0 Å². The first-order valence-corrected chi connectivity index (χ1v) is 7.64. The first kappa shape index (κ1) is 13.3. The van der Waals surface area contributed by atoms with Crippen LogP contribution >= 0.6 is 0 Å². The van der Waals surface area contributed by atoms with Gasteiger partial charge in [-0.15, -0.1) is 0 Å². The molecule has 1 aromatic carbocycles. The van der Waals surface area contributed by atoms with Crippen LogP contribution < -0.4 is 5.32 Å². The summed E-state index contributed by atoms with van der Waals surface area (Å²) in [5, 5.41) is 3.16. The number of aryl methyl sites for hydroxylation is 1. The zero-order valence-corrected chi connectivity index (χ0v) is 11.7. The van der Waals surface area contributed by atoms with Crippen LogP contribution in [0.3, 0.4) is 0 Å². The fourth-order valence-corrected chi connectivity index (χ4v) is 3.41. The van der Waals surface area contributed by atoms with Crippen molar-refractivity contribution in [2.45, 2.75) is 56.9 Å². The number of amides is 1. The van der Waals surface area contributed by atoms with E-state index in [1.807, 2.05) is 12.1 Å². The Morgan fingerprint density at radius 2 is 1.80 bits per heavy atom. The normalized spacial score (nSPS) is 23.2. The first-order valence-electron chi connectivity index (χ1n) is 7.64. The van der Waals surface area contributed by atoms with Gasteiger partial charge in [-0.1, -0.05) is 24.3 Å². The van der Waals surface area contributed by atoms with Crippen molar-refractivity contribution >= 4 is 11.7 Å². The van der Waals surface area contributed by atoms with E-state index >= 15 is 0 Å². The Bertz CT molecular complexity index is 513. The summed E-state index contributed by atoms with van der Waals surface area (Å²) in [6.45, 7) is 0. The number of carbonyl (C=O) groups excluding carboxylic acids is 2. The fraction of sp³-hybridized carbons (Fsp3) is 0.529. The fourth-order valence-electron chi connectivity index (χ4n) is 3.41. The quantitative estimate of drug-likeness (QED) is 0.899. The Labute approximate surface area is 119 Å². The van der Waals surface area contributed by atoms with Gasteiger partial charge in [0.05, 0.1) is 5.92 Å². The van der Waals surface area contributed by atoms with Gasteiger partial charge in [0.1, 0.15) is 5.78 Å². The van der Waals surface area contributed by atoms with Crippen LogP contribution in [0, 0.1) is 0 Å². The van der Waals surface area contributed by atoms with E-state index in [-0.39, 0.29) is 17.9 Å². The number of benzene rings is 1. The molecule has 20 heavy (non-hydrogen) atoms. The molecule has 0 aromatic heterocycles. The molecular weight excluding hydrogens is 250 g/mol. The summed E-state index contributed by atoms with van der Waals surface area (Å²) < 4.78 is 0. The summed E-state index contributed by atoms with van der Waals surface area (Å²) in [4.78, 5) is 23.8. The lowest BCUT2D eigenvalue weighted by Gasteiger charge is -2.28. The SMILES string of the molecule is O=C1CCC(NC(=O)C2CCCc3ccccc32)CC1. The molecule has 0 heterocycles. The van der Waals surface area contributed by atoms with Crippen molar-refractivity contribution in [2.75, 3.05) is 0 Å². The zero-order chi connectivity index (χ0) is 13.9. The molecular formula is C17H21NO2. The molecule has 1 N–H and O–H groups in total. The first-order chi connectivity index (χ1) is 9.74. The smallest absolute Gasteiger partial charge is 0.227 e. The number of nitrogens with one attached hydrogen (secondary N) is 1. The van der Waals surface area contributed by atoms with Gasteiger partial charge in [0.15, 0.2) is 0 Å². The third-order valence-corrected chi connectivity index (χ3v) is 4.58. The van der Waals surface area contributed by atoms with Crippen LogP contribution in [0.2, 0.25) is 0 Å². The predicted molar refractivity (Wildman–Crippen MR) is 77.5 cm³/mol. The van der Waals surface area contributed by atoms with Gasteiger partial charge in [-0.3, -0.25) is 9.59 Å². The van der Waals surface area contributed by atoms with E-state index in [9.17, 15) is 9.59 Å². The lowest BCUT2D eigenvalue weighted by Crippen LogP contribution is -2.41. The molecule has 2 aliphatic carbocycles. The average molecular weight is 271 g/mol. The minimum absolute atomic E-state index is 0.00224. The van der Waals surface area contributed by atoms with Gasteiger partial charge in [-0.25, -0.2) is 0 Å². The van der Waals surface area contributed by atoms with Crippen molar-refractivity contribution in [3.8, 4) is 0 Å². The van der Waals surface area contributed by atoms with Crippen LogP contribution in [-0.2, 0) is 16.0 Å². The van der Waals surface area contributed by atoms with E-state index in [0.29, 0.717) is 18.6 Å². The van der Waals surface area contributed by atoms with Crippen LogP contribution in [-0.4, -0.2) is 17.7 Å². The molecule has 0 saturated heterocycles. The maximum absolute atomic E-state index is 12.5. The molecule has 106 valence electrons. The Balaban J connectivity index is 1.67. The second-order valence-corrected chi connectivity index (χ2v) is 5.97. The van der Waals surface area contributed by atoms with Crippen molar-refractivity contribution in [1.82, 2.24) is 5.32 Å². The summed E-state index contributed by atoms with van der Waals surface area (Å²) in [7, 11) is 0. The van der Waals surface area contributed by atoms with Gasteiger partial charge in [-0.2, -0.15) is 0 Å². The summed E-state index contributed by atoms with van der Waals surface area (Å²) >= 11 is 0. The highest BCUT2D eigenvalue weighted by molar-refractivity contribution is 5.85. The number of carbonyl (C=O) groups is 2. The lowest BCUT2D eigenvalue weighted by atomic mass is 9.82. The van der Waals surface area contributed by atoms with Crippen LogP contribution in [0.1, 0.15) is 55.6 Å². The van der Waals surface area contributed by atoms with Crippen LogP contribution in [0.4, 0.5) is 0 Å². The highest BCUT2D eigenvalue weighted by Crippen LogP contribution is 2.32. The van der Waals surface area contributed by atoms with Crippen LogP contribution in [0.5, 0.6) is 0 Å². The molecule has 0 bridgehead atoms. The van der Waals surface area contributed by atoms with E-state index < -0.39 is 0 Å². The zero-order valence-electron chi connectivity index (χ0n) is 11.7. The van der Waals surface area contributed by atoms with Crippen molar-refractivity contribution in [3.05, 3.63) is 35.4 Å². The molecule has 1 amide bonds. The molecule has 1 unspecified atom stereocenters.